The van der Waals surface area contributed by atoms with Gasteiger partial charge in [0.2, 0.25) is 10.0 Å². The molecular formula is C17H15NO5S. The van der Waals surface area contributed by atoms with Gasteiger partial charge in [0.05, 0.1) is 0 Å². The third-order valence-corrected chi connectivity index (χ3v) is 4.51. The van der Waals surface area contributed by atoms with Crippen LogP contribution in [0.2, 0.25) is 0 Å². The topological polar surface area (TPSA) is 85.6 Å². The molecular weight excluding hydrogens is 330 g/mol. The smallest absolute Gasteiger partial charge is 0.360 e. The number of nitrogens with one attached hydrogen (secondary N) is 1. The summed E-state index contributed by atoms with van der Waals surface area (Å²) >= 11 is 0. The second kappa shape index (κ2) is 6.76. The maximum atomic E-state index is 12.1. The van der Waals surface area contributed by atoms with Gasteiger partial charge in [-0.05, 0) is 24.3 Å². The molecule has 2 aromatic carbocycles. The molecule has 0 aliphatic rings. The molecule has 124 valence electrons. The summed E-state index contributed by atoms with van der Waals surface area (Å²) in [6, 6.07) is 17.2. The van der Waals surface area contributed by atoms with Crippen LogP contribution in [0.3, 0.4) is 0 Å². The van der Waals surface area contributed by atoms with Gasteiger partial charge in [-0.2, -0.15) is 0 Å². The van der Waals surface area contributed by atoms with Crippen LogP contribution < -0.4 is 15.1 Å². The van der Waals surface area contributed by atoms with Crippen molar-refractivity contribution < 1.29 is 17.6 Å². The largest absolute Gasteiger partial charge is 0.492 e. The lowest BCUT2D eigenvalue weighted by atomic mass is 10.2. The quantitative estimate of drug-likeness (QED) is 0.694. The Morgan fingerprint density at radius 3 is 2.50 bits per heavy atom. The van der Waals surface area contributed by atoms with E-state index < -0.39 is 15.6 Å². The highest BCUT2D eigenvalue weighted by Gasteiger charge is 2.14. The predicted octanol–water partition coefficient (Wildman–Crippen LogP) is 2.61. The summed E-state index contributed by atoms with van der Waals surface area (Å²) in [5.74, 6) is 0.298. The summed E-state index contributed by atoms with van der Waals surface area (Å²) < 4.78 is 36.9. The van der Waals surface area contributed by atoms with E-state index in [1.165, 1.54) is 6.07 Å². The normalized spacial score (nSPS) is 11.3. The highest BCUT2D eigenvalue weighted by atomic mass is 32.2. The van der Waals surface area contributed by atoms with Crippen molar-refractivity contribution in [3.63, 3.8) is 0 Å². The average Bonchev–Trinajstić information content (AvgIpc) is 2.56. The number of fused-ring (bicyclic) bond motifs is 1. The van der Waals surface area contributed by atoms with Crippen LogP contribution in [0.25, 0.3) is 11.0 Å². The van der Waals surface area contributed by atoms with Gasteiger partial charge in [-0.3, -0.25) is 4.72 Å². The third kappa shape index (κ3) is 3.94. The molecule has 0 atom stereocenters. The van der Waals surface area contributed by atoms with Crippen molar-refractivity contribution in [2.75, 3.05) is 17.1 Å². The maximum Gasteiger partial charge on any atom is 0.360 e. The van der Waals surface area contributed by atoms with Crippen molar-refractivity contribution in [3.8, 4) is 5.75 Å². The molecule has 0 amide bonds. The Hall–Kier alpha value is -2.80. The average molecular weight is 345 g/mol. The minimum Gasteiger partial charge on any atom is -0.492 e. The van der Waals surface area contributed by atoms with E-state index in [9.17, 15) is 13.2 Å². The van der Waals surface area contributed by atoms with E-state index in [0.717, 1.165) is 0 Å². The second-order valence-corrected chi connectivity index (χ2v) is 6.91. The fourth-order valence-corrected chi connectivity index (χ4v) is 3.02. The van der Waals surface area contributed by atoms with Crippen molar-refractivity contribution in [1.82, 2.24) is 0 Å². The van der Waals surface area contributed by atoms with E-state index in [1.807, 2.05) is 6.07 Å². The molecule has 0 unspecified atom stereocenters. The number of rotatable bonds is 6. The Morgan fingerprint density at radius 1 is 1.00 bits per heavy atom. The van der Waals surface area contributed by atoms with Gasteiger partial charge < -0.3 is 9.15 Å². The lowest BCUT2D eigenvalue weighted by molar-refractivity contribution is 0.341. The van der Waals surface area contributed by atoms with Gasteiger partial charge in [0.15, 0.2) is 0 Å². The highest BCUT2D eigenvalue weighted by Crippen LogP contribution is 2.16. The summed E-state index contributed by atoms with van der Waals surface area (Å²) in [6.07, 6.45) is 0. The van der Waals surface area contributed by atoms with Crippen LogP contribution in [0.4, 0.5) is 5.69 Å². The van der Waals surface area contributed by atoms with Crippen LogP contribution in [0, 0.1) is 0 Å². The van der Waals surface area contributed by atoms with E-state index in [-0.39, 0.29) is 18.0 Å². The molecule has 3 rings (SSSR count). The van der Waals surface area contributed by atoms with E-state index in [4.69, 9.17) is 9.15 Å². The van der Waals surface area contributed by atoms with Crippen molar-refractivity contribution in [2.45, 2.75) is 0 Å². The molecule has 0 saturated heterocycles. The van der Waals surface area contributed by atoms with Gasteiger partial charge in [-0.25, -0.2) is 13.2 Å². The zero-order chi connectivity index (χ0) is 17.0. The lowest BCUT2D eigenvalue weighted by Crippen LogP contribution is -2.24. The maximum absolute atomic E-state index is 12.1. The van der Waals surface area contributed by atoms with Crippen molar-refractivity contribution >= 4 is 26.7 Å². The summed E-state index contributed by atoms with van der Waals surface area (Å²) in [4.78, 5) is 11.9. The molecule has 1 N–H and O–H groups in total. The first-order chi connectivity index (χ1) is 11.5. The molecule has 0 radical (unpaired) electrons. The van der Waals surface area contributed by atoms with E-state index in [2.05, 4.69) is 4.72 Å². The number of benzene rings is 2. The van der Waals surface area contributed by atoms with Crippen LogP contribution in [0.5, 0.6) is 5.75 Å². The molecule has 24 heavy (non-hydrogen) atoms. The SMILES string of the molecule is O=c1oc2ccccc2cc1NS(=O)(=O)CCOc1ccccc1. The van der Waals surface area contributed by atoms with E-state index >= 15 is 0 Å². The second-order valence-electron chi connectivity index (χ2n) is 5.07. The Morgan fingerprint density at radius 2 is 1.71 bits per heavy atom. The van der Waals surface area contributed by atoms with Gasteiger partial charge >= 0.3 is 5.63 Å². The van der Waals surface area contributed by atoms with Crippen LogP contribution in [0.1, 0.15) is 0 Å². The first-order valence-corrected chi connectivity index (χ1v) is 8.90. The van der Waals surface area contributed by atoms with Crippen LogP contribution in [-0.4, -0.2) is 20.8 Å². The van der Waals surface area contributed by atoms with Crippen molar-refractivity contribution in [2.24, 2.45) is 0 Å². The van der Waals surface area contributed by atoms with E-state index in [1.54, 1.807) is 48.5 Å². The number of sulfonamides is 1. The zero-order valence-corrected chi connectivity index (χ0v) is 13.5. The molecule has 0 aliphatic carbocycles. The van der Waals surface area contributed by atoms with Gasteiger partial charge in [0.1, 0.15) is 29.4 Å². The fourth-order valence-electron chi connectivity index (χ4n) is 2.14. The number of hydrogen-bond donors (Lipinski definition) is 1. The van der Waals surface area contributed by atoms with E-state index in [0.29, 0.717) is 16.7 Å². The van der Waals surface area contributed by atoms with Gasteiger partial charge in [-0.15, -0.1) is 0 Å². The molecule has 0 bridgehead atoms. The summed E-state index contributed by atoms with van der Waals surface area (Å²) in [7, 11) is -3.73. The number of ether oxygens (including phenoxy) is 1. The van der Waals surface area contributed by atoms with Gasteiger partial charge in [0, 0.05) is 5.39 Å². The molecule has 0 saturated carbocycles. The summed E-state index contributed by atoms with van der Waals surface area (Å²) in [5.41, 5.74) is -0.451. The first kappa shape index (κ1) is 16.1. The van der Waals surface area contributed by atoms with Gasteiger partial charge in [-0.1, -0.05) is 36.4 Å². The monoisotopic (exact) mass is 345 g/mol. The standard InChI is InChI=1S/C17H15NO5S/c19-17-15(12-13-6-4-5-9-16(13)23-17)18-24(20,21)11-10-22-14-7-2-1-3-8-14/h1-9,12,18H,10-11H2. The number of hydrogen-bond acceptors (Lipinski definition) is 5. The van der Waals surface area contributed by atoms with Crippen molar-refractivity contribution in [3.05, 3.63) is 71.1 Å². The minimum absolute atomic E-state index is 0.0295. The number of anilines is 1. The molecule has 0 fully saturated rings. The Labute approximate surface area is 138 Å². The lowest BCUT2D eigenvalue weighted by Gasteiger charge is -2.09. The van der Waals surface area contributed by atoms with Crippen LogP contribution in [-0.2, 0) is 10.0 Å². The molecule has 3 aromatic rings. The van der Waals surface area contributed by atoms with Crippen molar-refractivity contribution in [1.29, 1.82) is 0 Å². The number of para-hydroxylation sites is 2. The predicted molar refractivity (Wildman–Crippen MR) is 91.8 cm³/mol. The molecule has 0 spiro atoms. The summed E-state index contributed by atoms with van der Waals surface area (Å²) in [5, 5.41) is 0.635. The Bertz CT molecular complexity index is 996. The highest BCUT2D eigenvalue weighted by molar-refractivity contribution is 7.92. The summed E-state index contributed by atoms with van der Waals surface area (Å²) in [6.45, 7) is -0.0295. The molecule has 7 heteroatoms. The molecule has 6 nitrogen and oxygen atoms in total. The molecule has 1 aromatic heterocycles. The molecule has 0 aliphatic heterocycles. The fraction of sp³-hybridized carbons (Fsp3) is 0.118. The van der Waals surface area contributed by atoms with Gasteiger partial charge in [0.25, 0.3) is 0 Å². The van der Waals surface area contributed by atoms with Crippen LogP contribution >= 0.6 is 0 Å². The minimum atomic E-state index is -3.73. The Kier molecular flexibility index (Phi) is 4.52. The molecule has 1 heterocycles. The Balaban J connectivity index is 1.70. The first-order valence-electron chi connectivity index (χ1n) is 7.25. The zero-order valence-electron chi connectivity index (χ0n) is 12.6. The van der Waals surface area contributed by atoms with Crippen LogP contribution in [0.15, 0.2) is 69.9 Å². The third-order valence-electron chi connectivity index (χ3n) is 3.27.